The van der Waals surface area contributed by atoms with E-state index in [1.165, 1.54) is 10.7 Å². The van der Waals surface area contributed by atoms with Crippen molar-refractivity contribution >= 4 is 17.4 Å². The van der Waals surface area contributed by atoms with Gasteiger partial charge >= 0.3 is 5.97 Å². The number of alkyl halides is 2. The normalized spacial score (nSPS) is 18.1. The minimum absolute atomic E-state index is 0.00212. The van der Waals surface area contributed by atoms with Crippen molar-refractivity contribution in [2.24, 2.45) is 0 Å². The summed E-state index contributed by atoms with van der Waals surface area (Å²) in [5, 5.41) is 13.1. The average molecular weight is 296 g/mol. The number of hydrogen-bond acceptors (Lipinski definition) is 4. The van der Waals surface area contributed by atoms with Gasteiger partial charge in [0.15, 0.2) is 5.65 Å². The van der Waals surface area contributed by atoms with Crippen LogP contribution in [0.25, 0.3) is 5.65 Å². The highest BCUT2D eigenvalue weighted by molar-refractivity contribution is 5.94. The van der Waals surface area contributed by atoms with E-state index < -0.39 is 11.9 Å². The number of carboxylic acids is 1. The van der Waals surface area contributed by atoms with Crippen LogP contribution in [0.4, 0.5) is 14.6 Å². The van der Waals surface area contributed by atoms with Crippen LogP contribution in [-0.4, -0.2) is 44.7 Å². The number of carboxylic acid groups (broad SMARTS) is 1. The van der Waals surface area contributed by atoms with Crippen LogP contribution in [-0.2, 0) is 0 Å². The van der Waals surface area contributed by atoms with E-state index in [4.69, 9.17) is 5.11 Å². The second kappa shape index (κ2) is 4.64. The molecule has 0 atom stereocenters. The summed E-state index contributed by atoms with van der Waals surface area (Å²) in [7, 11) is 0. The predicted octanol–water partition coefficient (Wildman–Crippen LogP) is 1.97. The molecule has 0 spiro atoms. The zero-order valence-electron chi connectivity index (χ0n) is 11.4. The quantitative estimate of drug-likeness (QED) is 0.917. The van der Waals surface area contributed by atoms with Crippen LogP contribution in [0.15, 0.2) is 12.3 Å². The largest absolute Gasteiger partial charge is 0.477 e. The Morgan fingerprint density at radius 3 is 2.67 bits per heavy atom. The second-order valence-electron chi connectivity index (χ2n) is 5.20. The van der Waals surface area contributed by atoms with Crippen LogP contribution in [0.5, 0.6) is 0 Å². The monoisotopic (exact) mass is 296 g/mol. The number of piperidine rings is 1. The molecule has 3 heterocycles. The van der Waals surface area contributed by atoms with E-state index in [0.29, 0.717) is 11.5 Å². The number of anilines is 1. The van der Waals surface area contributed by atoms with Crippen molar-refractivity contribution in [2.45, 2.75) is 25.7 Å². The number of nitrogens with zero attached hydrogens (tertiary/aromatic N) is 4. The predicted molar refractivity (Wildman–Crippen MR) is 71.1 cm³/mol. The molecule has 2 aromatic heterocycles. The number of aromatic nitrogens is 3. The summed E-state index contributed by atoms with van der Waals surface area (Å²) in [6.07, 6.45) is 0.805. The van der Waals surface area contributed by atoms with E-state index in [9.17, 15) is 13.6 Å². The molecule has 0 radical (unpaired) electrons. The molecule has 1 saturated heterocycles. The van der Waals surface area contributed by atoms with Gasteiger partial charge in [0.05, 0.1) is 6.20 Å². The number of hydrogen-bond donors (Lipinski definition) is 1. The molecule has 1 aliphatic heterocycles. The summed E-state index contributed by atoms with van der Waals surface area (Å²) in [5.74, 6) is -3.23. The Kier molecular flexibility index (Phi) is 3.03. The first kappa shape index (κ1) is 13.7. The highest BCUT2D eigenvalue weighted by Gasteiger charge is 2.34. The zero-order valence-corrected chi connectivity index (χ0v) is 11.4. The van der Waals surface area contributed by atoms with Crippen molar-refractivity contribution in [3.63, 3.8) is 0 Å². The molecule has 8 heteroatoms. The smallest absolute Gasteiger partial charge is 0.341 e. The third-order valence-corrected chi connectivity index (χ3v) is 3.69. The molecule has 112 valence electrons. The number of aryl methyl sites for hydroxylation is 1. The Balaban J connectivity index is 2.00. The zero-order chi connectivity index (χ0) is 15.2. The third-order valence-electron chi connectivity index (χ3n) is 3.69. The van der Waals surface area contributed by atoms with Crippen molar-refractivity contribution < 1.29 is 18.7 Å². The molecule has 2 aromatic rings. The Hall–Kier alpha value is -2.25. The van der Waals surface area contributed by atoms with E-state index in [0.717, 1.165) is 0 Å². The molecule has 0 amide bonds. The molecule has 0 saturated carbocycles. The summed E-state index contributed by atoms with van der Waals surface area (Å²) in [4.78, 5) is 17.2. The highest BCUT2D eigenvalue weighted by atomic mass is 19.3. The number of carbonyl (C=O) groups is 1. The molecule has 6 nitrogen and oxygen atoms in total. The lowest BCUT2D eigenvalue weighted by Gasteiger charge is -2.32. The van der Waals surface area contributed by atoms with Crippen LogP contribution < -0.4 is 4.90 Å². The lowest BCUT2D eigenvalue weighted by atomic mass is 10.1. The topological polar surface area (TPSA) is 70.7 Å². The molecule has 1 aliphatic rings. The van der Waals surface area contributed by atoms with Crippen molar-refractivity contribution in [1.82, 2.24) is 14.6 Å². The molecule has 0 aliphatic carbocycles. The maximum atomic E-state index is 13.2. The van der Waals surface area contributed by atoms with Gasteiger partial charge in [-0.25, -0.2) is 23.1 Å². The molecule has 1 fully saturated rings. The molecule has 0 bridgehead atoms. The standard InChI is InChI=1S/C13H14F2N4O2/c1-8-6-10(18-4-2-13(14,15)3-5-18)17-11-9(12(20)21)7-16-19(8)11/h6-7H,2-5H2,1H3,(H,20,21). The summed E-state index contributed by atoms with van der Waals surface area (Å²) >= 11 is 0. The van der Waals surface area contributed by atoms with Gasteiger partial charge in [0.2, 0.25) is 0 Å². The van der Waals surface area contributed by atoms with Gasteiger partial charge in [-0.15, -0.1) is 0 Å². The first-order valence-electron chi connectivity index (χ1n) is 6.59. The van der Waals surface area contributed by atoms with Gasteiger partial charge in [0, 0.05) is 37.7 Å². The molecule has 3 rings (SSSR count). The van der Waals surface area contributed by atoms with Crippen LogP contribution in [0.2, 0.25) is 0 Å². The number of aromatic carboxylic acids is 1. The lowest BCUT2D eigenvalue weighted by Crippen LogP contribution is -2.39. The van der Waals surface area contributed by atoms with Gasteiger partial charge in [0.1, 0.15) is 11.4 Å². The third kappa shape index (κ3) is 2.41. The minimum Gasteiger partial charge on any atom is -0.477 e. The molecule has 0 aromatic carbocycles. The SMILES string of the molecule is Cc1cc(N2CCC(F)(F)CC2)nc2c(C(=O)O)cnn12. The van der Waals surface area contributed by atoms with Crippen molar-refractivity contribution in [1.29, 1.82) is 0 Å². The molecule has 0 unspecified atom stereocenters. The van der Waals surface area contributed by atoms with Gasteiger partial charge < -0.3 is 10.0 Å². The average Bonchev–Trinajstić information content (AvgIpc) is 2.83. The Morgan fingerprint density at radius 2 is 2.05 bits per heavy atom. The molecule has 1 N–H and O–H groups in total. The first-order valence-corrected chi connectivity index (χ1v) is 6.59. The van der Waals surface area contributed by atoms with E-state index in [1.807, 2.05) is 0 Å². The van der Waals surface area contributed by atoms with Crippen LogP contribution in [0, 0.1) is 6.92 Å². The molecular weight excluding hydrogens is 282 g/mol. The number of fused-ring (bicyclic) bond motifs is 1. The van der Waals surface area contributed by atoms with Crippen molar-refractivity contribution in [2.75, 3.05) is 18.0 Å². The van der Waals surface area contributed by atoms with Crippen molar-refractivity contribution in [3.05, 3.63) is 23.5 Å². The van der Waals surface area contributed by atoms with Crippen LogP contribution in [0.1, 0.15) is 28.9 Å². The summed E-state index contributed by atoms with van der Waals surface area (Å²) < 4.78 is 27.9. The van der Waals surface area contributed by atoms with Gasteiger partial charge in [-0.2, -0.15) is 5.10 Å². The molecular formula is C13H14F2N4O2. The maximum absolute atomic E-state index is 13.2. The minimum atomic E-state index is -2.63. The number of halogens is 2. The fraction of sp³-hybridized carbons (Fsp3) is 0.462. The van der Waals surface area contributed by atoms with Crippen LogP contribution in [0.3, 0.4) is 0 Å². The van der Waals surface area contributed by atoms with Crippen LogP contribution >= 0.6 is 0 Å². The summed E-state index contributed by atoms with van der Waals surface area (Å²) in [6.45, 7) is 2.17. The fourth-order valence-corrected chi connectivity index (χ4v) is 2.47. The highest BCUT2D eigenvalue weighted by Crippen LogP contribution is 2.30. The van der Waals surface area contributed by atoms with Gasteiger partial charge in [-0.05, 0) is 6.92 Å². The first-order chi connectivity index (χ1) is 9.87. The Bertz CT molecular complexity index is 704. The van der Waals surface area contributed by atoms with Gasteiger partial charge in [-0.3, -0.25) is 0 Å². The maximum Gasteiger partial charge on any atom is 0.341 e. The van der Waals surface area contributed by atoms with Gasteiger partial charge in [0.25, 0.3) is 5.92 Å². The van der Waals surface area contributed by atoms with E-state index in [2.05, 4.69) is 10.1 Å². The fourth-order valence-electron chi connectivity index (χ4n) is 2.47. The van der Waals surface area contributed by atoms with E-state index in [-0.39, 0.29) is 37.1 Å². The number of rotatable bonds is 2. The summed E-state index contributed by atoms with van der Waals surface area (Å²) in [6, 6.07) is 1.73. The van der Waals surface area contributed by atoms with E-state index in [1.54, 1.807) is 17.9 Å². The Labute approximate surface area is 119 Å². The van der Waals surface area contributed by atoms with Gasteiger partial charge in [-0.1, -0.05) is 0 Å². The molecule has 21 heavy (non-hydrogen) atoms. The lowest BCUT2D eigenvalue weighted by molar-refractivity contribution is -0.0221. The van der Waals surface area contributed by atoms with Crippen molar-refractivity contribution in [3.8, 4) is 0 Å². The van der Waals surface area contributed by atoms with E-state index >= 15 is 0 Å². The Morgan fingerprint density at radius 1 is 1.38 bits per heavy atom. The summed E-state index contributed by atoms with van der Waals surface area (Å²) in [5.41, 5.74) is 0.942. The second-order valence-corrected chi connectivity index (χ2v) is 5.20.